The third kappa shape index (κ3) is 4.85. The summed E-state index contributed by atoms with van der Waals surface area (Å²) < 4.78 is 43.8. The molecule has 1 atom stereocenters. The first-order valence-electron chi connectivity index (χ1n) is 10.3. The molecule has 2 heterocycles. The van der Waals surface area contributed by atoms with Gasteiger partial charge in [0.15, 0.2) is 11.5 Å². The SMILES string of the molecule is C=CCN(CC=C)S(=O)(=O)c1ccc(C(=O)Nc2nnc(C3COc4ccccc4O3)o2)cc1. The van der Waals surface area contributed by atoms with Gasteiger partial charge in [0.1, 0.15) is 6.61 Å². The predicted octanol–water partition coefficient (Wildman–Crippen LogP) is 3.20. The van der Waals surface area contributed by atoms with Crippen LogP contribution in [-0.4, -0.2) is 48.5 Å². The van der Waals surface area contributed by atoms with E-state index in [1.165, 1.54) is 40.7 Å². The lowest BCUT2D eigenvalue weighted by Crippen LogP contribution is -2.31. The molecule has 1 N–H and O–H groups in total. The summed E-state index contributed by atoms with van der Waals surface area (Å²) in [6.45, 7) is 7.61. The summed E-state index contributed by atoms with van der Waals surface area (Å²) in [7, 11) is -3.76. The van der Waals surface area contributed by atoms with Crippen molar-refractivity contribution < 1.29 is 27.1 Å². The molecule has 1 aromatic heterocycles. The first-order valence-corrected chi connectivity index (χ1v) is 11.7. The molecular formula is C23H22N4O6S. The largest absolute Gasteiger partial charge is 0.485 e. The van der Waals surface area contributed by atoms with E-state index in [9.17, 15) is 13.2 Å². The number of carbonyl (C=O) groups is 1. The Kier molecular flexibility index (Phi) is 6.75. The first-order chi connectivity index (χ1) is 16.4. The zero-order valence-corrected chi connectivity index (χ0v) is 18.9. The van der Waals surface area contributed by atoms with Crippen LogP contribution in [0.2, 0.25) is 0 Å². The van der Waals surface area contributed by atoms with Crippen molar-refractivity contribution in [1.82, 2.24) is 14.5 Å². The number of benzene rings is 2. The fourth-order valence-electron chi connectivity index (χ4n) is 3.21. The second-order valence-corrected chi connectivity index (χ2v) is 9.13. The van der Waals surface area contributed by atoms with Crippen LogP contribution in [0, 0.1) is 0 Å². The van der Waals surface area contributed by atoms with Gasteiger partial charge in [0.25, 0.3) is 11.8 Å². The van der Waals surface area contributed by atoms with Gasteiger partial charge in [0.05, 0.1) is 4.90 Å². The van der Waals surface area contributed by atoms with Gasteiger partial charge in [-0.25, -0.2) is 8.42 Å². The zero-order chi connectivity index (χ0) is 24.1. The topological polar surface area (TPSA) is 124 Å². The van der Waals surface area contributed by atoms with Gasteiger partial charge >= 0.3 is 6.01 Å². The molecule has 34 heavy (non-hydrogen) atoms. The number of sulfonamides is 1. The highest BCUT2D eigenvalue weighted by molar-refractivity contribution is 7.89. The van der Waals surface area contributed by atoms with Crippen molar-refractivity contribution in [3.8, 4) is 11.5 Å². The number of hydrogen-bond acceptors (Lipinski definition) is 8. The highest BCUT2D eigenvalue weighted by Gasteiger charge is 2.28. The number of fused-ring (bicyclic) bond motifs is 1. The molecule has 1 aliphatic heterocycles. The Hall–Kier alpha value is -3.96. The molecular weight excluding hydrogens is 460 g/mol. The number of hydrogen-bond donors (Lipinski definition) is 1. The molecule has 0 aliphatic carbocycles. The summed E-state index contributed by atoms with van der Waals surface area (Å²) in [5.41, 5.74) is 0.212. The van der Waals surface area contributed by atoms with E-state index in [0.29, 0.717) is 11.5 Å². The predicted molar refractivity (Wildman–Crippen MR) is 123 cm³/mol. The van der Waals surface area contributed by atoms with Crippen LogP contribution in [0.5, 0.6) is 11.5 Å². The third-order valence-electron chi connectivity index (χ3n) is 4.86. The molecule has 0 bridgehead atoms. The molecule has 0 saturated heterocycles. The van der Waals surface area contributed by atoms with Gasteiger partial charge in [-0.05, 0) is 36.4 Å². The van der Waals surface area contributed by atoms with Gasteiger partial charge in [-0.2, -0.15) is 4.31 Å². The van der Waals surface area contributed by atoms with Crippen molar-refractivity contribution in [3.63, 3.8) is 0 Å². The summed E-state index contributed by atoms with van der Waals surface area (Å²) in [5, 5.41) is 10.2. The Morgan fingerprint density at radius 1 is 1.06 bits per heavy atom. The second kappa shape index (κ2) is 9.89. The second-order valence-electron chi connectivity index (χ2n) is 7.19. The molecule has 1 amide bonds. The number of anilines is 1. The maximum Gasteiger partial charge on any atom is 0.322 e. The molecule has 4 rings (SSSR count). The van der Waals surface area contributed by atoms with Crippen LogP contribution < -0.4 is 14.8 Å². The number of nitrogens with one attached hydrogen (secondary N) is 1. The van der Waals surface area contributed by atoms with E-state index in [1.54, 1.807) is 12.1 Å². The molecule has 0 fully saturated rings. The lowest BCUT2D eigenvalue weighted by Gasteiger charge is -2.23. The lowest BCUT2D eigenvalue weighted by atomic mass is 10.2. The van der Waals surface area contributed by atoms with Gasteiger partial charge in [-0.15, -0.1) is 18.3 Å². The van der Waals surface area contributed by atoms with Crippen LogP contribution in [0.15, 0.2) is 83.2 Å². The van der Waals surface area contributed by atoms with Crippen molar-refractivity contribution in [3.05, 3.63) is 85.3 Å². The Morgan fingerprint density at radius 3 is 2.41 bits per heavy atom. The van der Waals surface area contributed by atoms with E-state index >= 15 is 0 Å². The fourth-order valence-corrected chi connectivity index (χ4v) is 4.59. The highest BCUT2D eigenvalue weighted by Crippen LogP contribution is 2.35. The Balaban J connectivity index is 1.42. The molecule has 3 aromatic rings. The van der Waals surface area contributed by atoms with Crippen LogP contribution in [0.4, 0.5) is 6.01 Å². The highest BCUT2D eigenvalue weighted by atomic mass is 32.2. The number of rotatable bonds is 9. The normalized spacial score (nSPS) is 15.0. The number of nitrogens with zero attached hydrogens (tertiary/aromatic N) is 3. The lowest BCUT2D eigenvalue weighted by molar-refractivity contribution is 0.0716. The van der Waals surface area contributed by atoms with E-state index in [4.69, 9.17) is 13.9 Å². The first kappa shape index (κ1) is 23.2. The standard InChI is InChI=1S/C23H22N4O6S/c1-3-13-27(14-4-2)34(29,30)17-11-9-16(10-12-17)21(28)24-23-26-25-22(33-23)20-15-31-18-7-5-6-8-19(18)32-20/h3-12,20H,1-2,13-15H2,(H,24,26,28). The summed E-state index contributed by atoms with van der Waals surface area (Å²) in [6, 6.07) is 12.6. The molecule has 0 spiro atoms. The zero-order valence-electron chi connectivity index (χ0n) is 18.1. The molecule has 0 radical (unpaired) electrons. The summed E-state index contributed by atoms with van der Waals surface area (Å²) in [6.07, 6.45) is 2.36. The minimum Gasteiger partial charge on any atom is -0.485 e. The van der Waals surface area contributed by atoms with Crippen LogP contribution in [-0.2, 0) is 10.0 Å². The smallest absolute Gasteiger partial charge is 0.322 e. The van der Waals surface area contributed by atoms with Crippen molar-refractivity contribution in [2.45, 2.75) is 11.0 Å². The Morgan fingerprint density at radius 2 is 1.74 bits per heavy atom. The fraction of sp³-hybridized carbons (Fsp3) is 0.174. The quantitative estimate of drug-likeness (QED) is 0.461. The molecule has 2 aromatic carbocycles. The van der Waals surface area contributed by atoms with Gasteiger partial charge in [0.2, 0.25) is 16.1 Å². The number of carbonyl (C=O) groups excluding carboxylic acids is 1. The monoisotopic (exact) mass is 482 g/mol. The van der Waals surface area contributed by atoms with E-state index in [1.807, 2.05) is 12.1 Å². The van der Waals surface area contributed by atoms with Crippen LogP contribution in [0.1, 0.15) is 22.4 Å². The van der Waals surface area contributed by atoms with Crippen molar-refractivity contribution in [1.29, 1.82) is 0 Å². The Labute approximate surface area is 196 Å². The van der Waals surface area contributed by atoms with Crippen molar-refractivity contribution in [2.24, 2.45) is 0 Å². The van der Waals surface area contributed by atoms with Crippen LogP contribution in [0.3, 0.4) is 0 Å². The summed E-state index contributed by atoms with van der Waals surface area (Å²) >= 11 is 0. The van der Waals surface area contributed by atoms with E-state index in [0.717, 1.165) is 0 Å². The van der Waals surface area contributed by atoms with Crippen molar-refractivity contribution >= 4 is 21.9 Å². The van der Waals surface area contributed by atoms with E-state index < -0.39 is 22.0 Å². The number of para-hydroxylation sites is 2. The van der Waals surface area contributed by atoms with Crippen LogP contribution >= 0.6 is 0 Å². The van der Waals surface area contributed by atoms with Crippen LogP contribution in [0.25, 0.3) is 0 Å². The maximum absolute atomic E-state index is 12.8. The third-order valence-corrected chi connectivity index (χ3v) is 6.71. The Bertz CT molecular complexity index is 1290. The van der Waals surface area contributed by atoms with Gasteiger partial charge in [-0.3, -0.25) is 10.1 Å². The minimum absolute atomic E-state index is 0.0440. The number of amides is 1. The average Bonchev–Trinajstić information content (AvgIpc) is 3.32. The molecule has 1 aliphatic rings. The maximum atomic E-state index is 12.8. The molecule has 176 valence electrons. The number of ether oxygens (including phenoxy) is 2. The molecule has 10 nitrogen and oxygen atoms in total. The molecule has 1 unspecified atom stereocenters. The summed E-state index contributed by atoms with van der Waals surface area (Å²) in [4.78, 5) is 12.6. The number of aromatic nitrogens is 2. The van der Waals surface area contributed by atoms with Gasteiger partial charge in [-0.1, -0.05) is 29.4 Å². The molecule has 11 heteroatoms. The van der Waals surface area contributed by atoms with E-state index in [2.05, 4.69) is 28.7 Å². The van der Waals surface area contributed by atoms with Gasteiger partial charge in [0, 0.05) is 18.7 Å². The van der Waals surface area contributed by atoms with Gasteiger partial charge < -0.3 is 13.9 Å². The van der Waals surface area contributed by atoms with Crippen molar-refractivity contribution in [2.75, 3.05) is 25.0 Å². The summed E-state index contributed by atoms with van der Waals surface area (Å²) in [5.74, 6) is 0.779. The van der Waals surface area contributed by atoms with E-state index in [-0.39, 0.29) is 42.1 Å². The molecule has 0 saturated carbocycles. The average molecular weight is 483 g/mol. The minimum atomic E-state index is -3.76.